The van der Waals surface area contributed by atoms with Crippen molar-refractivity contribution in [3.63, 3.8) is 0 Å². The molecule has 2 rings (SSSR count). The quantitative estimate of drug-likeness (QED) is 0.852. The lowest BCUT2D eigenvalue weighted by Crippen LogP contribution is -2.24. The van der Waals surface area contributed by atoms with Gasteiger partial charge in [0.15, 0.2) is 0 Å². The van der Waals surface area contributed by atoms with Gasteiger partial charge in [0.1, 0.15) is 6.26 Å². The van der Waals surface area contributed by atoms with Crippen molar-refractivity contribution in [2.24, 2.45) is 0 Å². The summed E-state index contributed by atoms with van der Waals surface area (Å²) in [5.41, 5.74) is 1.66. The van der Waals surface area contributed by atoms with Crippen LogP contribution in [0.4, 0.5) is 0 Å². The number of aromatic nitrogens is 1. The summed E-state index contributed by atoms with van der Waals surface area (Å²) in [6.45, 7) is 1.56. The number of nitrogens with one attached hydrogen (secondary N) is 1. The number of benzene rings is 1. The molecule has 0 aliphatic rings. The van der Waals surface area contributed by atoms with Gasteiger partial charge in [-0.2, -0.15) is 0 Å². The number of aliphatic hydroxyl groups is 1. The van der Waals surface area contributed by atoms with Gasteiger partial charge in [0.05, 0.1) is 23.7 Å². The molecule has 0 fully saturated rings. The smallest absolute Gasteiger partial charge is 0.241 e. The average Bonchev–Trinajstić information content (AvgIpc) is 2.90. The van der Waals surface area contributed by atoms with E-state index in [0.717, 1.165) is 0 Å². The number of aliphatic hydroxyl groups excluding tert-OH is 1. The van der Waals surface area contributed by atoms with Crippen molar-refractivity contribution in [3.05, 3.63) is 47.3 Å². The van der Waals surface area contributed by atoms with Crippen LogP contribution in [0.15, 0.2) is 39.9 Å². The molecular formula is C12H14N2O4S. The Morgan fingerprint density at radius 1 is 1.37 bits per heavy atom. The minimum Gasteiger partial charge on any atom is -0.392 e. The van der Waals surface area contributed by atoms with E-state index in [0.29, 0.717) is 16.8 Å². The highest BCUT2D eigenvalue weighted by molar-refractivity contribution is 7.89. The molecule has 0 amide bonds. The first-order valence-corrected chi connectivity index (χ1v) is 7.10. The lowest BCUT2D eigenvalue weighted by Gasteiger charge is -2.09. The Morgan fingerprint density at radius 2 is 2.16 bits per heavy atom. The van der Waals surface area contributed by atoms with E-state index in [-0.39, 0.29) is 18.0 Å². The van der Waals surface area contributed by atoms with E-state index in [2.05, 4.69) is 14.4 Å². The van der Waals surface area contributed by atoms with Crippen molar-refractivity contribution in [3.8, 4) is 0 Å². The summed E-state index contributed by atoms with van der Waals surface area (Å²) < 4.78 is 31.4. The van der Waals surface area contributed by atoms with Crippen LogP contribution in [-0.2, 0) is 23.2 Å². The third-order valence-corrected chi connectivity index (χ3v) is 4.20. The fraction of sp³-hybridized carbons (Fsp3) is 0.250. The third-order valence-electron chi connectivity index (χ3n) is 2.66. The van der Waals surface area contributed by atoms with Crippen molar-refractivity contribution < 1.29 is 18.0 Å². The Kier molecular flexibility index (Phi) is 3.98. The normalized spacial score (nSPS) is 11.7. The van der Waals surface area contributed by atoms with Gasteiger partial charge in [0.25, 0.3) is 0 Å². The summed E-state index contributed by atoms with van der Waals surface area (Å²) in [7, 11) is -3.64. The molecule has 102 valence electrons. The van der Waals surface area contributed by atoms with Crippen LogP contribution in [0, 0.1) is 6.92 Å². The highest BCUT2D eigenvalue weighted by Crippen LogP contribution is 2.17. The van der Waals surface area contributed by atoms with Crippen molar-refractivity contribution in [1.29, 1.82) is 0 Å². The molecule has 1 aromatic heterocycles. The van der Waals surface area contributed by atoms with E-state index in [4.69, 9.17) is 5.11 Å². The zero-order valence-corrected chi connectivity index (χ0v) is 11.1. The fourth-order valence-electron chi connectivity index (χ4n) is 1.61. The molecule has 0 bridgehead atoms. The van der Waals surface area contributed by atoms with Gasteiger partial charge in [-0.25, -0.2) is 13.1 Å². The number of rotatable bonds is 5. The average molecular weight is 282 g/mol. The van der Waals surface area contributed by atoms with E-state index in [1.165, 1.54) is 12.3 Å². The van der Waals surface area contributed by atoms with Crippen LogP contribution in [0.25, 0.3) is 0 Å². The van der Waals surface area contributed by atoms with Crippen molar-refractivity contribution in [2.75, 3.05) is 0 Å². The van der Waals surface area contributed by atoms with Crippen LogP contribution in [0.2, 0.25) is 0 Å². The van der Waals surface area contributed by atoms with Gasteiger partial charge in [0, 0.05) is 6.07 Å². The largest absolute Gasteiger partial charge is 0.392 e. The standard InChI is InChI=1S/C12H14N2O4S/c1-9-2-3-10(8-15)6-12(9)19(16,17)13-7-11-4-5-18-14-11/h2-6,13,15H,7-8H2,1H3. The molecule has 7 heteroatoms. The van der Waals surface area contributed by atoms with Crippen LogP contribution in [-0.4, -0.2) is 18.7 Å². The number of nitrogens with zero attached hydrogens (tertiary/aromatic N) is 1. The molecule has 0 aliphatic heterocycles. The molecule has 1 aromatic carbocycles. The van der Waals surface area contributed by atoms with Crippen molar-refractivity contribution in [1.82, 2.24) is 9.88 Å². The summed E-state index contributed by atoms with van der Waals surface area (Å²) in [5.74, 6) is 0. The maximum absolute atomic E-state index is 12.2. The third kappa shape index (κ3) is 3.19. The Bertz CT molecular complexity index is 650. The number of hydrogen-bond donors (Lipinski definition) is 2. The van der Waals surface area contributed by atoms with Gasteiger partial charge in [0.2, 0.25) is 10.0 Å². The molecule has 1 heterocycles. The zero-order valence-electron chi connectivity index (χ0n) is 10.3. The van der Waals surface area contributed by atoms with Gasteiger partial charge >= 0.3 is 0 Å². The maximum atomic E-state index is 12.2. The van der Waals surface area contributed by atoms with Gasteiger partial charge in [-0.3, -0.25) is 0 Å². The lowest BCUT2D eigenvalue weighted by molar-refractivity contribution is 0.281. The predicted molar refractivity (Wildman–Crippen MR) is 67.6 cm³/mol. The first-order chi connectivity index (χ1) is 9.03. The summed E-state index contributed by atoms with van der Waals surface area (Å²) >= 11 is 0. The van der Waals surface area contributed by atoms with E-state index in [1.807, 2.05) is 0 Å². The van der Waals surface area contributed by atoms with Crippen molar-refractivity contribution >= 4 is 10.0 Å². The lowest BCUT2D eigenvalue weighted by atomic mass is 10.2. The van der Waals surface area contributed by atoms with Crippen LogP contribution in [0.5, 0.6) is 0 Å². The van der Waals surface area contributed by atoms with Crippen LogP contribution < -0.4 is 4.72 Å². The Balaban J connectivity index is 2.23. The molecule has 19 heavy (non-hydrogen) atoms. The van der Waals surface area contributed by atoms with Gasteiger partial charge in [-0.05, 0) is 24.1 Å². The first kappa shape index (κ1) is 13.7. The number of sulfonamides is 1. The second-order valence-corrected chi connectivity index (χ2v) is 5.81. The summed E-state index contributed by atoms with van der Waals surface area (Å²) in [6.07, 6.45) is 1.38. The first-order valence-electron chi connectivity index (χ1n) is 5.62. The van der Waals surface area contributed by atoms with Gasteiger partial charge in [-0.15, -0.1) is 0 Å². The number of aryl methyl sites for hydroxylation is 1. The molecule has 0 radical (unpaired) electrons. The summed E-state index contributed by atoms with van der Waals surface area (Å²) in [4.78, 5) is 0.155. The zero-order chi connectivity index (χ0) is 13.9. The SMILES string of the molecule is Cc1ccc(CO)cc1S(=O)(=O)NCc1ccon1. The topological polar surface area (TPSA) is 92.4 Å². The molecule has 0 saturated carbocycles. The molecule has 0 saturated heterocycles. The molecule has 0 atom stereocenters. The second kappa shape index (κ2) is 5.52. The minimum absolute atomic E-state index is 0.0572. The summed E-state index contributed by atoms with van der Waals surface area (Å²) in [5, 5.41) is 12.7. The Hall–Kier alpha value is -1.70. The van der Waals surface area contributed by atoms with Crippen molar-refractivity contribution in [2.45, 2.75) is 25.0 Å². The van der Waals surface area contributed by atoms with Gasteiger partial charge in [-0.1, -0.05) is 17.3 Å². The molecule has 6 nitrogen and oxygen atoms in total. The predicted octanol–water partition coefficient (Wildman–Crippen LogP) is 0.954. The molecule has 0 spiro atoms. The van der Waals surface area contributed by atoms with E-state index >= 15 is 0 Å². The Labute approximate surface area is 111 Å². The van der Waals surface area contributed by atoms with Crippen LogP contribution in [0.1, 0.15) is 16.8 Å². The highest BCUT2D eigenvalue weighted by Gasteiger charge is 2.17. The van der Waals surface area contributed by atoms with Crippen LogP contribution >= 0.6 is 0 Å². The highest BCUT2D eigenvalue weighted by atomic mass is 32.2. The molecule has 0 unspecified atom stereocenters. The van der Waals surface area contributed by atoms with E-state index in [1.54, 1.807) is 25.1 Å². The minimum atomic E-state index is -3.64. The fourth-order valence-corrected chi connectivity index (χ4v) is 2.90. The maximum Gasteiger partial charge on any atom is 0.241 e. The molecular weight excluding hydrogens is 268 g/mol. The van der Waals surface area contributed by atoms with E-state index < -0.39 is 10.0 Å². The number of hydrogen-bond acceptors (Lipinski definition) is 5. The molecule has 2 aromatic rings. The molecule has 2 N–H and O–H groups in total. The summed E-state index contributed by atoms with van der Waals surface area (Å²) in [6, 6.07) is 6.39. The van der Waals surface area contributed by atoms with E-state index in [9.17, 15) is 8.42 Å². The second-order valence-electron chi connectivity index (χ2n) is 4.07. The monoisotopic (exact) mass is 282 g/mol. The van der Waals surface area contributed by atoms with Crippen LogP contribution in [0.3, 0.4) is 0 Å². The molecule has 0 aliphatic carbocycles. The Morgan fingerprint density at radius 3 is 2.79 bits per heavy atom. The van der Waals surface area contributed by atoms with Gasteiger partial charge < -0.3 is 9.63 Å².